The second-order valence-corrected chi connectivity index (χ2v) is 9.46. The van der Waals surface area contributed by atoms with Crippen LogP contribution in [0.4, 0.5) is 0 Å². The maximum atomic E-state index is 13.7. The minimum atomic E-state index is -0.760. The lowest BCUT2D eigenvalue weighted by Crippen LogP contribution is -2.26. The van der Waals surface area contributed by atoms with Gasteiger partial charge >= 0.3 is 5.97 Å². The molecule has 39 heavy (non-hydrogen) atoms. The SMILES string of the molecule is CCOC(=O)[C@@H](C)Oc1cccc(C=Nn2c(-c3cc(C(C)C)c(OC)cc3C)nc3ccccc3c2=O)c1. The third-order valence-corrected chi connectivity index (χ3v) is 6.31. The Morgan fingerprint density at radius 1 is 1.08 bits per heavy atom. The van der Waals surface area contributed by atoms with Crippen LogP contribution in [0, 0.1) is 6.92 Å². The number of carbonyl (C=O) groups excluding carboxylic acids is 1. The average Bonchev–Trinajstić information content (AvgIpc) is 2.92. The van der Waals surface area contributed by atoms with Crippen LogP contribution in [0.25, 0.3) is 22.3 Å². The van der Waals surface area contributed by atoms with Gasteiger partial charge in [0.1, 0.15) is 11.5 Å². The predicted octanol–water partition coefficient (Wildman–Crippen LogP) is 5.72. The molecule has 1 atom stereocenters. The van der Waals surface area contributed by atoms with Crippen LogP contribution in [-0.4, -0.2) is 41.7 Å². The van der Waals surface area contributed by atoms with Crippen LogP contribution in [0.2, 0.25) is 0 Å². The van der Waals surface area contributed by atoms with Crippen molar-refractivity contribution in [3.63, 3.8) is 0 Å². The maximum absolute atomic E-state index is 13.7. The fraction of sp³-hybridized carbons (Fsp3) is 0.290. The highest BCUT2D eigenvalue weighted by molar-refractivity contribution is 5.83. The predicted molar refractivity (Wildman–Crippen MR) is 153 cm³/mol. The monoisotopic (exact) mass is 527 g/mol. The fourth-order valence-corrected chi connectivity index (χ4v) is 4.28. The van der Waals surface area contributed by atoms with Gasteiger partial charge in [-0.05, 0) is 79.8 Å². The third-order valence-electron chi connectivity index (χ3n) is 6.31. The number of aryl methyl sites for hydroxylation is 1. The molecule has 8 heteroatoms. The summed E-state index contributed by atoms with van der Waals surface area (Å²) in [4.78, 5) is 30.5. The van der Waals surface area contributed by atoms with E-state index in [9.17, 15) is 9.59 Å². The van der Waals surface area contributed by atoms with Crippen molar-refractivity contribution in [1.29, 1.82) is 0 Å². The molecular weight excluding hydrogens is 494 g/mol. The zero-order chi connectivity index (χ0) is 28.1. The molecule has 4 rings (SSSR count). The summed E-state index contributed by atoms with van der Waals surface area (Å²) in [5, 5.41) is 5.05. The van der Waals surface area contributed by atoms with Gasteiger partial charge in [-0.3, -0.25) is 4.79 Å². The van der Waals surface area contributed by atoms with Crippen LogP contribution in [0.5, 0.6) is 11.5 Å². The number of methoxy groups -OCH3 is 1. The van der Waals surface area contributed by atoms with Crippen molar-refractivity contribution < 1.29 is 19.0 Å². The first kappa shape index (κ1) is 27.6. The van der Waals surface area contributed by atoms with Crippen molar-refractivity contribution in [3.8, 4) is 22.9 Å². The number of ether oxygens (including phenoxy) is 3. The first-order chi connectivity index (χ1) is 18.7. The Balaban J connectivity index is 1.81. The number of rotatable bonds is 9. The molecule has 1 aromatic heterocycles. The summed E-state index contributed by atoms with van der Waals surface area (Å²) in [6.07, 6.45) is 0.815. The molecule has 0 N–H and O–H groups in total. The number of esters is 1. The number of hydrogen-bond acceptors (Lipinski definition) is 7. The minimum absolute atomic E-state index is 0.197. The number of benzene rings is 3. The molecule has 0 unspecified atom stereocenters. The molecule has 0 amide bonds. The van der Waals surface area contributed by atoms with Crippen LogP contribution < -0.4 is 15.0 Å². The zero-order valence-electron chi connectivity index (χ0n) is 23.1. The van der Waals surface area contributed by atoms with Gasteiger partial charge in [0.2, 0.25) is 0 Å². The number of nitrogens with zero attached hydrogens (tertiary/aromatic N) is 3. The molecule has 8 nitrogen and oxygen atoms in total. The van der Waals surface area contributed by atoms with Gasteiger partial charge in [0.25, 0.3) is 5.56 Å². The Kier molecular flexibility index (Phi) is 8.44. The molecule has 0 radical (unpaired) electrons. The van der Waals surface area contributed by atoms with E-state index in [2.05, 4.69) is 18.9 Å². The molecule has 4 aromatic rings. The molecule has 0 aliphatic heterocycles. The van der Waals surface area contributed by atoms with Gasteiger partial charge in [0, 0.05) is 5.56 Å². The van der Waals surface area contributed by atoms with Gasteiger partial charge in [-0.25, -0.2) is 9.78 Å². The number of hydrogen-bond donors (Lipinski definition) is 0. The fourth-order valence-electron chi connectivity index (χ4n) is 4.28. The van der Waals surface area contributed by atoms with E-state index in [1.54, 1.807) is 57.5 Å². The Labute approximate surface area is 227 Å². The van der Waals surface area contributed by atoms with E-state index in [0.29, 0.717) is 28.0 Å². The topological polar surface area (TPSA) is 92.0 Å². The van der Waals surface area contributed by atoms with E-state index < -0.39 is 12.1 Å². The smallest absolute Gasteiger partial charge is 0.347 e. The molecule has 0 aliphatic carbocycles. The lowest BCUT2D eigenvalue weighted by Gasteiger charge is -2.17. The molecule has 0 spiro atoms. The first-order valence-electron chi connectivity index (χ1n) is 12.9. The quantitative estimate of drug-likeness (QED) is 0.204. The van der Waals surface area contributed by atoms with Gasteiger partial charge in [-0.15, -0.1) is 0 Å². The largest absolute Gasteiger partial charge is 0.496 e. The number of aromatic nitrogens is 2. The molecular formula is C31H33N3O5. The van der Waals surface area contributed by atoms with Crippen molar-refractivity contribution in [2.75, 3.05) is 13.7 Å². The summed E-state index contributed by atoms with van der Waals surface area (Å²) in [6.45, 7) is 9.80. The summed E-state index contributed by atoms with van der Waals surface area (Å²) >= 11 is 0. The van der Waals surface area contributed by atoms with E-state index in [1.807, 2.05) is 37.3 Å². The standard InChI is InChI=1S/C31H33N3O5/c1-7-38-31(36)21(5)39-23-12-10-11-22(16-23)18-32-34-29(33-27-14-9-8-13-24(27)30(34)35)26-17-25(19(2)3)28(37-6)15-20(26)4/h8-19,21H,7H2,1-6H3/t21-/m1/s1. The van der Waals surface area contributed by atoms with Crippen LogP contribution in [0.1, 0.15) is 50.3 Å². The summed E-state index contributed by atoms with van der Waals surface area (Å²) in [5.41, 5.74) is 3.70. The molecule has 202 valence electrons. The number of fused-ring (bicyclic) bond motifs is 1. The van der Waals surface area contributed by atoms with E-state index in [0.717, 1.165) is 22.4 Å². The van der Waals surface area contributed by atoms with E-state index in [-0.39, 0.29) is 18.1 Å². The minimum Gasteiger partial charge on any atom is -0.496 e. The second kappa shape index (κ2) is 11.9. The number of para-hydroxylation sites is 1. The molecule has 0 fully saturated rings. The van der Waals surface area contributed by atoms with Crippen LogP contribution >= 0.6 is 0 Å². The lowest BCUT2D eigenvalue weighted by atomic mass is 9.96. The second-order valence-electron chi connectivity index (χ2n) is 9.46. The summed E-state index contributed by atoms with van der Waals surface area (Å²) in [7, 11) is 1.65. The number of carbonyl (C=O) groups is 1. The zero-order valence-corrected chi connectivity index (χ0v) is 23.1. The Bertz CT molecular complexity index is 1590. The van der Waals surface area contributed by atoms with E-state index in [4.69, 9.17) is 19.2 Å². The summed E-state index contributed by atoms with van der Waals surface area (Å²) < 4.78 is 17.7. The van der Waals surface area contributed by atoms with Crippen LogP contribution in [-0.2, 0) is 9.53 Å². The lowest BCUT2D eigenvalue weighted by molar-refractivity contribution is -0.150. The van der Waals surface area contributed by atoms with Crippen LogP contribution in [0.15, 0.2) is 70.6 Å². The van der Waals surface area contributed by atoms with Gasteiger partial charge in [0.05, 0.1) is 30.8 Å². The highest BCUT2D eigenvalue weighted by atomic mass is 16.6. The maximum Gasteiger partial charge on any atom is 0.347 e. The molecule has 3 aromatic carbocycles. The van der Waals surface area contributed by atoms with Gasteiger partial charge in [-0.1, -0.05) is 38.1 Å². The molecule has 0 saturated heterocycles. The normalized spacial score (nSPS) is 12.2. The van der Waals surface area contributed by atoms with Gasteiger partial charge in [0.15, 0.2) is 11.9 Å². The van der Waals surface area contributed by atoms with Gasteiger partial charge in [-0.2, -0.15) is 9.78 Å². The van der Waals surface area contributed by atoms with E-state index in [1.165, 1.54) is 4.68 Å². The molecule has 0 aliphatic rings. The van der Waals surface area contributed by atoms with Crippen molar-refractivity contribution in [3.05, 3.63) is 87.7 Å². The Morgan fingerprint density at radius 3 is 2.56 bits per heavy atom. The molecule has 0 saturated carbocycles. The molecule has 0 bridgehead atoms. The van der Waals surface area contributed by atoms with Crippen molar-refractivity contribution in [2.24, 2.45) is 5.10 Å². The van der Waals surface area contributed by atoms with Crippen molar-refractivity contribution in [2.45, 2.75) is 46.6 Å². The molecule has 1 heterocycles. The van der Waals surface area contributed by atoms with Gasteiger partial charge < -0.3 is 14.2 Å². The third kappa shape index (κ3) is 6.00. The highest BCUT2D eigenvalue weighted by Gasteiger charge is 2.19. The Hall–Kier alpha value is -4.46. The van der Waals surface area contributed by atoms with Crippen molar-refractivity contribution >= 4 is 23.1 Å². The first-order valence-corrected chi connectivity index (χ1v) is 12.9. The summed E-state index contributed by atoms with van der Waals surface area (Å²) in [6, 6.07) is 18.3. The Morgan fingerprint density at radius 2 is 1.85 bits per heavy atom. The average molecular weight is 528 g/mol. The summed E-state index contributed by atoms with van der Waals surface area (Å²) in [5.74, 6) is 1.46. The van der Waals surface area contributed by atoms with Crippen molar-refractivity contribution in [1.82, 2.24) is 9.66 Å². The highest BCUT2D eigenvalue weighted by Crippen LogP contribution is 2.34. The van der Waals surface area contributed by atoms with Crippen LogP contribution in [0.3, 0.4) is 0 Å². The van der Waals surface area contributed by atoms with E-state index >= 15 is 0 Å².